The highest BCUT2D eigenvalue weighted by atomic mass is 16.5. The third-order valence-electron chi connectivity index (χ3n) is 4.30. The highest BCUT2D eigenvalue weighted by molar-refractivity contribution is 4.83. The van der Waals surface area contributed by atoms with E-state index in [0.29, 0.717) is 12.0 Å². The molecule has 3 nitrogen and oxygen atoms in total. The Morgan fingerprint density at radius 2 is 1.78 bits per heavy atom. The lowest BCUT2D eigenvalue weighted by Crippen LogP contribution is -2.42. The van der Waals surface area contributed by atoms with Gasteiger partial charge in [0, 0.05) is 18.5 Å². The third kappa shape index (κ3) is 4.52. The van der Waals surface area contributed by atoms with Crippen molar-refractivity contribution in [3.05, 3.63) is 0 Å². The topological polar surface area (TPSA) is 24.5 Å². The summed E-state index contributed by atoms with van der Waals surface area (Å²) < 4.78 is 5.68. The molecule has 2 atom stereocenters. The second-order valence-electron chi connectivity index (χ2n) is 5.93. The van der Waals surface area contributed by atoms with Gasteiger partial charge in [-0.1, -0.05) is 26.2 Å². The molecule has 2 heterocycles. The number of ether oxygens (including phenoxy) is 1. The molecule has 0 radical (unpaired) electrons. The molecule has 2 rings (SSSR count). The summed E-state index contributed by atoms with van der Waals surface area (Å²) in [6, 6.07) is 0.593. The number of likely N-dealkylation sites (tertiary alicyclic amines) is 1. The summed E-state index contributed by atoms with van der Waals surface area (Å²) in [7, 11) is 0. The minimum Gasteiger partial charge on any atom is -0.379 e. The van der Waals surface area contributed by atoms with Gasteiger partial charge in [0.2, 0.25) is 0 Å². The maximum atomic E-state index is 5.68. The van der Waals surface area contributed by atoms with E-state index < -0.39 is 0 Å². The zero-order valence-electron chi connectivity index (χ0n) is 12.0. The predicted octanol–water partition coefficient (Wildman–Crippen LogP) is 2.27. The molecular weight excluding hydrogens is 224 g/mol. The minimum absolute atomic E-state index is 0.593. The van der Waals surface area contributed by atoms with Crippen LogP contribution >= 0.6 is 0 Å². The third-order valence-corrected chi connectivity index (χ3v) is 4.30. The van der Waals surface area contributed by atoms with Gasteiger partial charge in [0.15, 0.2) is 0 Å². The number of hydrogen-bond donors (Lipinski definition) is 1. The first-order chi connectivity index (χ1) is 8.90. The molecule has 0 aromatic rings. The van der Waals surface area contributed by atoms with E-state index in [1.165, 1.54) is 58.2 Å². The zero-order chi connectivity index (χ0) is 12.6. The van der Waals surface area contributed by atoms with Crippen LogP contribution < -0.4 is 5.32 Å². The Hall–Kier alpha value is -0.120. The Labute approximate surface area is 112 Å². The maximum Gasteiger partial charge on any atom is 0.0623 e. The van der Waals surface area contributed by atoms with Crippen molar-refractivity contribution < 1.29 is 4.74 Å². The van der Waals surface area contributed by atoms with E-state index in [1.807, 2.05) is 0 Å². The van der Waals surface area contributed by atoms with Crippen molar-refractivity contribution in [1.29, 1.82) is 0 Å². The van der Waals surface area contributed by atoms with Crippen LogP contribution in [0.2, 0.25) is 0 Å². The van der Waals surface area contributed by atoms with Gasteiger partial charge in [-0.05, 0) is 38.9 Å². The fourth-order valence-electron chi connectivity index (χ4n) is 3.16. The van der Waals surface area contributed by atoms with Crippen molar-refractivity contribution in [2.45, 2.75) is 51.5 Å². The smallest absolute Gasteiger partial charge is 0.0623 e. The molecule has 0 amide bonds. The Morgan fingerprint density at radius 3 is 2.50 bits per heavy atom. The lowest BCUT2D eigenvalue weighted by atomic mass is 10.0. The molecule has 0 spiro atoms. The summed E-state index contributed by atoms with van der Waals surface area (Å²) >= 11 is 0. The van der Waals surface area contributed by atoms with Gasteiger partial charge >= 0.3 is 0 Å². The molecule has 0 aromatic carbocycles. The van der Waals surface area contributed by atoms with Crippen molar-refractivity contribution >= 4 is 0 Å². The molecule has 0 aromatic heterocycles. The van der Waals surface area contributed by atoms with Gasteiger partial charge in [-0.25, -0.2) is 0 Å². The van der Waals surface area contributed by atoms with Crippen LogP contribution in [0.15, 0.2) is 0 Å². The quantitative estimate of drug-likeness (QED) is 0.814. The van der Waals surface area contributed by atoms with Gasteiger partial charge in [-0.2, -0.15) is 0 Å². The van der Waals surface area contributed by atoms with Gasteiger partial charge in [-0.3, -0.25) is 0 Å². The Bertz CT molecular complexity index is 215. The second kappa shape index (κ2) is 8.13. The fourth-order valence-corrected chi connectivity index (χ4v) is 3.16. The van der Waals surface area contributed by atoms with Crippen LogP contribution in [0.1, 0.15) is 45.4 Å². The van der Waals surface area contributed by atoms with Crippen LogP contribution in [0.4, 0.5) is 0 Å². The van der Waals surface area contributed by atoms with Crippen LogP contribution in [0, 0.1) is 5.92 Å². The van der Waals surface area contributed by atoms with Crippen molar-refractivity contribution in [2.75, 3.05) is 39.4 Å². The number of rotatable bonds is 5. The fraction of sp³-hybridized carbons (Fsp3) is 1.00. The highest BCUT2D eigenvalue weighted by Crippen LogP contribution is 2.18. The summed E-state index contributed by atoms with van der Waals surface area (Å²) in [6.07, 6.45) is 8.29. The van der Waals surface area contributed by atoms with Crippen molar-refractivity contribution in [2.24, 2.45) is 5.92 Å². The summed E-state index contributed by atoms with van der Waals surface area (Å²) in [5, 5.41) is 3.65. The van der Waals surface area contributed by atoms with E-state index in [1.54, 1.807) is 0 Å². The predicted molar refractivity (Wildman–Crippen MR) is 75.9 cm³/mol. The summed E-state index contributed by atoms with van der Waals surface area (Å²) in [5.41, 5.74) is 0. The Morgan fingerprint density at radius 1 is 1.06 bits per heavy atom. The molecule has 1 N–H and O–H groups in total. The largest absolute Gasteiger partial charge is 0.379 e. The summed E-state index contributed by atoms with van der Waals surface area (Å²) in [4.78, 5) is 2.68. The molecule has 2 aliphatic heterocycles. The second-order valence-corrected chi connectivity index (χ2v) is 5.93. The van der Waals surface area contributed by atoms with Crippen molar-refractivity contribution in [1.82, 2.24) is 10.2 Å². The first-order valence-corrected chi connectivity index (χ1v) is 7.93. The van der Waals surface area contributed by atoms with Crippen LogP contribution in [0.5, 0.6) is 0 Å². The number of nitrogens with zero attached hydrogens (tertiary/aromatic N) is 1. The van der Waals surface area contributed by atoms with Crippen LogP contribution in [-0.2, 0) is 4.74 Å². The van der Waals surface area contributed by atoms with Gasteiger partial charge in [0.05, 0.1) is 13.2 Å². The zero-order valence-corrected chi connectivity index (χ0v) is 12.0. The average Bonchev–Trinajstić information content (AvgIpc) is 2.77. The van der Waals surface area contributed by atoms with Crippen molar-refractivity contribution in [3.8, 4) is 0 Å². The van der Waals surface area contributed by atoms with Crippen LogP contribution in [0.3, 0.4) is 0 Å². The monoisotopic (exact) mass is 254 g/mol. The summed E-state index contributed by atoms with van der Waals surface area (Å²) in [5.74, 6) is 0.705. The molecule has 2 fully saturated rings. The first-order valence-electron chi connectivity index (χ1n) is 7.93. The number of nitrogens with one attached hydrogen (secondary N) is 1. The molecule has 0 bridgehead atoms. The molecule has 2 saturated heterocycles. The standard InChI is InChI=1S/C15H30N2O/c1-2-8-16-15-13-18-12-14(15)11-17-9-6-4-3-5-7-10-17/h14-16H,2-13H2,1H3. The number of hydrogen-bond acceptors (Lipinski definition) is 3. The molecule has 106 valence electrons. The molecule has 3 heteroatoms. The Kier molecular flexibility index (Phi) is 6.46. The average molecular weight is 254 g/mol. The lowest BCUT2D eigenvalue weighted by molar-refractivity contribution is 0.162. The van der Waals surface area contributed by atoms with E-state index in [2.05, 4.69) is 17.1 Å². The normalized spacial score (nSPS) is 31.2. The summed E-state index contributed by atoms with van der Waals surface area (Å²) in [6.45, 7) is 9.08. The van der Waals surface area contributed by atoms with Gasteiger partial charge in [0.1, 0.15) is 0 Å². The van der Waals surface area contributed by atoms with Gasteiger partial charge < -0.3 is 15.0 Å². The molecule has 0 aliphatic carbocycles. The van der Waals surface area contributed by atoms with E-state index in [9.17, 15) is 0 Å². The van der Waals surface area contributed by atoms with E-state index in [4.69, 9.17) is 4.74 Å². The molecule has 18 heavy (non-hydrogen) atoms. The molecule has 0 saturated carbocycles. The van der Waals surface area contributed by atoms with Crippen molar-refractivity contribution in [3.63, 3.8) is 0 Å². The first kappa shape index (κ1) is 14.3. The highest BCUT2D eigenvalue weighted by Gasteiger charge is 2.29. The SMILES string of the molecule is CCCNC1COCC1CN1CCCCCCC1. The Balaban J connectivity index is 1.75. The molecule has 2 unspecified atom stereocenters. The van der Waals surface area contributed by atoms with E-state index in [0.717, 1.165) is 19.8 Å². The lowest BCUT2D eigenvalue weighted by Gasteiger charge is -2.29. The van der Waals surface area contributed by atoms with Gasteiger partial charge in [-0.15, -0.1) is 0 Å². The van der Waals surface area contributed by atoms with Crippen LogP contribution in [-0.4, -0.2) is 50.3 Å². The van der Waals surface area contributed by atoms with Crippen LogP contribution in [0.25, 0.3) is 0 Å². The van der Waals surface area contributed by atoms with E-state index in [-0.39, 0.29) is 0 Å². The van der Waals surface area contributed by atoms with Gasteiger partial charge in [0.25, 0.3) is 0 Å². The molecular formula is C15H30N2O. The maximum absolute atomic E-state index is 5.68. The molecule has 2 aliphatic rings. The van der Waals surface area contributed by atoms with E-state index >= 15 is 0 Å². The minimum atomic E-state index is 0.593.